The molecule has 0 heterocycles. The maximum atomic E-state index is 13.0. The third kappa shape index (κ3) is 4.72. The molecule has 5 heteroatoms. The van der Waals surface area contributed by atoms with Gasteiger partial charge >= 0.3 is 0 Å². The zero-order valence-corrected chi connectivity index (χ0v) is 12.1. The van der Waals surface area contributed by atoms with E-state index in [9.17, 15) is 13.6 Å². The number of thioether (sulfide) groups is 1. The lowest BCUT2D eigenvalue weighted by molar-refractivity contribution is -0.111. The minimum absolute atomic E-state index is 0.0832. The van der Waals surface area contributed by atoms with Crippen molar-refractivity contribution < 1.29 is 13.6 Å². The Kier molecular flexibility index (Phi) is 5.11. The highest BCUT2D eigenvalue weighted by Crippen LogP contribution is 2.16. The van der Waals surface area contributed by atoms with E-state index in [4.69, 9.17) is 0 Å². The highest BCUT2D eigenvalue weighted by molar-refractivity contribution is 7.98. The Morgan fingerprint density at radius 2 is 1.71 bits per heavy atom. The summed E-state index contributed by atoms with van der Waals surface area (Å²) in [5, 5.41) is 2.41. The molecule has 0 aliphatic carbocycles. The molecule has 2 nitrogen and oxygen atoms in total. The van der Waals surface area contributed by atoms with Crippen molar-refractivity contribution in [2.45, 2.75) is 4.90 Å². The molecule has 0 saturated carbocycles. The van der Waals surface area contributed by atoms with Gasteiger partial charge in [-0.1, -0.05) is 12.1 Å². The zero-order chi connectivity index (χ0) is 15.2. The number of amides is 1. The van der Waals surface area contributed by atoms with E-state index in [-0.39, 0.29) is 5.69 Å². The fraction of sp³-hybridized carbons (Fsp3) is 0.0625. The highest BCUT2D eigenvalue weighted by Gasteiger charge is 2.02. The molecular weight excluding hydrogens is 292 g/mol. The molecule has 0 aliphatic heterocycles. The fourth-order valence-electron chi connectivity index (χ4n) is 1.70. The van der Waals surface area contributed by atoms with E-state index in [1.807, 2.05) is 30.5 Å². The van der Waals surface area contributed by atoms with E-state index in [1.165, 1.54) is 6.08 Å². The summed E-state index contributed by atoms with van der Waals surface area (Å²) in [5.41, 5.74) is 0.952. The van der Waals surface area contributed by atoms with E-state index in [2.05, 4.69) is 5.32 Å². The van der Waals surface area contributed by atoms with Crippen molar-refractivity contribution in [3.63, 3.8) is 0 Å². The number of hydrogen-bond donors (Lipinski definition) is 1. The zero-order valence-electron chi connectivity index (χ0n) is 11.3. The minimum atomic E-state index is -0.734. The monoisotopic (exact) mass is 305 g/mol. The lowest BCUT2D eigenvalue weighted by Gasteiger charge is -2.02. The molecule has 108 valence electrons. The van der Waals surface area contributed by atoms with Gasteiger partial charge in [0.05, 0.1) is 0 Å². The van der Waals surface area contributed by atoms with Crippen LogP contribution in [-0.2, 0) is 4.79 Å². The SMILES string of the molecule is CSc1ccc(/C=C/C(=O)Nc2cc(F)cc(F)c2)cc1. The molecule has 0 atom stereocenters. The minimum Gasteiger partial charge on any atom is -0.322 e. The average molecular weight is 305 g/mol. The van der Waals surface area contributed by atoms with Crippen LogP contribution in [-0.4, -0.2) is 12.2 Å². The van der Waals surface area contributed by atoms with Gasteiger partial charge in [0.15, 0.2) is 0 Å². The second-order valence-electron chi connectivity index (χ2n) is 4.25. The quantitative estimate of drug-likeness (QED) is 0.672. The molecule has 2 rings (SSSR count). The lowest BCUT2D eigenvalue weighted by Crippen LogP contribution is -2.08. The van der Waals surface area contributed by atoms with Crippen LogP contribution in [0.1, 0.15) is 5.56 Å². The first-order valence-electron chi connectivity index (χ1n) is 6.16. The van der Waals surface area contributed by atoms with Gasteiger partial charge in [0, 0.05) is 22.7 Å². The molecule has 0 aliphatic rings. The van der Waals surface area contributed by atoms with Crippen LogP contribution < -0.4 is 5.32 Å². The van der Waals surface area contributed by atoms with Gasteiger partial charge in [-0.05, 0) is 42.2 Å². The Hall–Kier alpha value is -2.14. The predicted molar refractivity (Wildman–Crippen MR) is 82.2 cm³/mol. The molecule has 0 spiro atoms. The van der Waals surface area contributed by atoms with Gasteiger partial charge in [-0.25, -0.2) is 8.78 Å². The number of halogens is 2. The maximum Gasteiger partial charge on any atom is 0.248 e. The number of anilines is 1. The van der Waals surface area contributed by atoms with Crippen LogP contribution >= 0.6 is 11.8 Å². The summed E-state index contributed by atoms with van der Waals surface area (Å²) in [6.07, 6.45) is 4.93. The normalized spacial score (nSPS) is 10.8. The van der Waals surface area contributed by atoms with E-state index in [1.54, 1.807) is 17.8 Å². The molecule has 2 aromatic rings. The Morgan fingerprint density at radius 1 is 1.10 bits per heavy atom. The third-order valence-corrected chi connectivity index (χ3v) is 3.42. The molecule has 2 aromatic carbocycles. The third-order valence-electron chi connectivity index (χ3n) is 2.67. The summed E-state index contributed by atoms with van der Waals surface area (Å²) < 4.78 is 26.0. The molecule has 0 unspecified atom stereocenters. The van der Waals surface area contributed by atoms with Crippen LogP contribution in [0.3, 0.4) is 0 Å². The van der Waals surface area contributed by atoms with Crippen molar-refractivity contribution in [3.8, 4) is 0 Å². The van der Waals surface area contributed by atoms with Crippen molar-refractivity contribution in [2.24, 2.45) is 0 Å². The molecular formula is C16H13F2NOS. The Balaban J connectivity index is 2.01. The van der Waals surface area contributed by atoms with Crippen LogP contribution in [0, 0.1) is 11.6 Å². The second-order valence-corrected chi connectivity index (χ2v) is 5.13. The van der Waals surface area contributed by atoms with Gasteiger partial charge in [0.1, 0.15) is 11.6 Å². The molecule has 0 fully saturated rings. The van der Waals surface area contributed by atoms with E-state index >= 15 is 0 Å². The summed E-state index contributed by atoms with van der Waals surface area (Å²) in [5.74, 6) is -1.92. The summed E-state index contributed by atoms with van der Waals surface area (Å²) in [6.45, 7) is 0. The summed E-state index contributed by atoms with van der Waals surface area (Å²) in [7, 11) is 0. The maximum absolute atomic E-state index is 13.0. The van der Waals surface area contributed by atoms with Gasteiger partial charge in [0.25, 0.3) is 0 Å². The lowest BCUT2D eigenvalue weighted by atomic mass is 10.2. The highest BCUT2D eigenvalue weighted by atomic mass is 32.2. The smallest absolute Gasteiger partial charge is 0.248 e. The van der Waals surface area contributed by atoms with Crippen LogP contribution in [0.5, 0.6) is 0 Å². The number of benzene rings is 2. The molecule has 0 bridgehead atoms. The van der Waals surface area contributed by atoms with Gasteiger partial charge in [-0.2, -0.15) is 0 Å². The van der Waals surface area contributed by atoms with Crippen molar-refractivity contribution in [1.29, 1.82) is 0 Å². The van der Waals surface area contributed by atoms with E-state index in [0.717, 1.165) is 28.7 Å². The second kappa shape index (κ2) is 7.04. The largest absolute Gasteiger partial charge is 0.322 e. The molecule has 21 heavy (non-hydrogen) atoms. The molecule has 0 radical (unpaired) electrons. The van der Waals surface area contributed by atoms with Gasteiger partial charge in [0.2, 0.25) is 5.91 Å². The van der Waals surface area contributed by atoms with Gasteiger partial charge < -0.3 is 5.32 Å². The average Bonchev–Trinajstić information content (AvgIpc) is 2.44. The molecule has 1 N–H and O–H groups in total. The first-order valence-corrected chi connectivity index (χ1v) is 7.38. The number of nitrogens with one attached hydrogen (secondary N) is 1. The standard InChI is InChI=1S/C16H13F2NOS/c1-21-15-5-2-11(3-6-15)4-7-16(20)19-14-9-12(17)8-13(18)10-14/h2-10H,1H3,(H,19,20)/b7-4+. The van der Waals surface area contributed by atoms with Crippen LogP contribution in [0.4, 0.5) is 14.5 Å². The summed E-state index contributed by atoms with van der Waals surface area (Å²) in [6, 6.07) is 10.5. The first kappa shape index (κ1) is 15.3. The van der Waals surface area contributed by atoms with Crippen molar-refractivity contribution in [1.82, 2.24) is 0 Å². The molecule has 0 saturated heterocycles. The van der Waals surface area contributed by atoms with Gasteiger partial charge in [-0.3, -0.25) is 4.79 Å². The van der Waals surface area contributed by atoms with Crippen molar-refractivity contribution in [3.05, 3.63) is 65.7 Å². The van der Waals surface area contributed by atoms with Crippen LogP contribution in [0.2, 0.25) is 0 Å². The number of carbonyl (C=O) groups is 1. The number of hydrogen-bond acceptors (Lipinski definition) is 2. The Labute approximate surface area is 125 Å². The van der Waals surface area contributed by atoms with E-state index in [0.29, 0.717) is 0 Å². The molecule has 0 aromatic heterocycles. The van der Waals surface area contributed by atoms with Crippen LogP contribution in [0.25, 0.3) is 6.08 Å². The first-order chi connectivity index (χ1) is 10.1. The van der Waals surface area contributed by atoms with Crippen LogP contribution in [0.15, 0.2) is 53.4 Å². The van der Waals surface area contributed by atoms with Crippen molar-refractivity contribution in [2.75, 3.05) is 11.6 Å². The molecule has 1 amide bonds. The fourth-order valence-corrected chi connectivity index (χ4v) is 2.11. The number of rotatable bonds is 4. The Morgan fingerprint density at radius 3 is 2.29 bits per heavy atom. The Bertz CT molecular complexity index is 648. The summed E-state index contributed by atoms with van der Waals surface area (Å²) >= 11 is 1.63. The summed E-state index contributed by atoms with van der Waals surface area (Å²) in [4.78, 5) is 12.8. The van der Waals surface area contributed by atoms with Gasteiger partial charge in [-0.15, -0.1) is 11.8 Å². The van der Waals surface area contributed by atoms with Crippen molar-refractivity contribution >= 4 is 29.4 Å². The predicted octanol–water partition coefficient (Wildman–Crippen LogP) is 4.34. The van der Waals surface area contributed by atoms with E-state index < -0.39 is 17.5 Å². The number of carbonyl (C=O) groups excluding carboxylic acids is 1. The topological polar surface area (TPSA) is 29.1 Å².